The second kappa shape index (κ2) is 4.62. The number of aryl methyl sites for hydroxylation is 1. The fourth-order valence-electron chi connectivity index (χ4n) is 2.15. The number of hydrogen-bond acceptors (Lipinski definition) is 2. The summed E-state index contributed by atoms with van der Waals surface area (Å²) in [6, 6.07) is 6.39. The van der Waals surface area contributed by atoms with Crippen LogP contribution in [0.4, 0.5) is 5.69 Å². The lowest BCUT2D eigenvalue weighted by molar-refractivity contribution is 0.0351. The summed E-state index contributed by atoms with van der Waals surface area (Å²) < 4.78 is 1.13. The standard InChI is InChI=1S/C14H20BrNO/c1-10-4-5-11(8-12(10)15)16-7-6-14(2,3)13(17)9-16/h4-5,8,13,17H,6-7,9H2,1-3H3. The van der Waals surface area contributed by atoms with Crippen LogP contribution < -0.4 is 4.90 Å². The van der Waals surface area contributed by atoms with Crippen LogP contribution in [0.2, 0.25) is 0 Å². The van der Waals surface area contributed by atoms with Crippen molar-refractivity contribution in [2.45, 2.75) is 33.3 Å². The van der Waals surface area contributed by atoms with E-state index >= 15 is 0 Å². The second-order valence-corrected chi connectivity index (χ2v) is 6.49. The molecule has 1 unspecified atom stereocenters. The van der Waals surface area contributed by atoms with E-state index in [-0.39, 0.29) is 11.5 Å². The number of hydrogen-bond donors (Lipinski definition) is 1. The van der Waals surface area contributed by atoms with Crippen molar-refractivity contribution < 1.29 is 5.11 Å². The highest BCUT2D eigenvalue weighted by atomic mass is 79.9. The minimum Gasteiger partial charge on any atom is -0.391 e. The normalized spacial score (nSPS) is 23.8. The molecular weight excluding hydrogens is 278 g/mol. The fraction of sp³-hybridized carbons (Fsp3) is 0.571. The second-order valence-electron chi connectivity index (χ2n) is 5.63. The maximum atomic E-state index is 10.1. The van der Waals surface area contributed by atoms with Gasteiger partial charge in [-0.3, -0.25) is 0 Å². The smallest absolute Gasteiger partial charge is 0.0766 e. The molecule has 0 saturated carbocycles. The van der Waals surface area contributed by atoms with Crippen molar-refractivity contribution in [3.05, 3.63) is 28.2 Å². The Hall–Kier alpha value is -0.540. The largest absolute Gasteiger partial charge is 0.391 e. The zero-order chi connectivity index (χ0) is 12.6. The molecule has 0 aromatic heterocycles. The summed E-state index contributed by atoms with van der Waals surface area (Å²) in [5.74, 6) is 0. The van der Waals surface area contributed by atoms with Crippen molar-refractivity contribution in [2.75, 3.05) is 18.0 Å². The molecule has 0 amide bonds. The Morgan fingerprint density at radius 2 is 2.12 bits per heavy atom. The molecular formula is C14H20BrNO. The molecule has 0 spiro atoms. The zero-order valence-corrected chi connectivity index (χ0v) is 12.3. The van der Waals surface area contributed by atoms with E-state index in [2.05, 4.69) is 59.8 Å². The predicted molar refractivity (Wildman–Crippen MR) is 75.5 cm³/mol. The molecule has 1 aliphatic rings. The van der Waals surface area contributed by atoms with Crippen LogP contribution in [0.5, 0.6) is 0 Å². The summed E-state index contributed by atoms with van der Waals surface area (Å²) in [6.07, 6.45) is 0.774. The molecule has 0 aliphatic carbocycles. The Morgan fingerprint density at radius 1 is 1.41 bits per heavy atom. The Balaban J connectivity index is 2.17. The minimum atomic E-state index is -0.253. The Bertz CT molecular complexity index is 417. The highest BCUT2D eigenvalue weighted by Gasteiger charge is 2.34. The van der Waals surface area contributed by atoms with Crippen LogP contribution in [-0.2, 0) is 0 Å². The number of benzene rings is 1. The number of anilines is 1. The van der Waals surface area contributed by atoms with Crippen molar-refractivity contribution >= 4 is 21.6 Å². The van der Waals surface area contributed by atoms with Crippen molar-refractivity contribution in [3.63, 3.8) is 0 Å². The average molecular weight is 298 g/mol. The van der Waals surface area contributed by atoms with Gasteiger partial charge in [0.05, 0.1) is 6.10 Å². The molecule has 17 heavy (non-hydrogen) atoms. The molecule has 2 rings (SSSR count). The number of aliphatic hydroxyl groups excluding tert-OH is 1. The SMILES string of the molecule is Cc1ccc(N2CCC(C)(C)C(O)C2)cc1Br. The van der Waals surface area contributed by atoms with Crippen molar-refractivity contribution in [3.8, 4) is 0 Å². The number of piperidine rings is 1. The van der Waals surface area contributed by atoms with Gasteiger partial charge in [-0.15, -0.1) is 0 Å². The summed E-state index contributed by atoms with van der Waals surface area (Å²) in [5.41, 5.74) is 2.47. The average Bonchev–Trinajstić information content (AvgIpc) is 2.26. The predicted octanol–water partition coefficient (Wildman–Crippen LogP) is 3.35. The topological polar surface area (TPSA) is 23.5 Å². The van der Waals surface area contributed by atoms with E-state index in [9.17, 15) is 5.11 Å². The molecule has 0 bridgehead atoms. The Morgan fingerprint density at radius 3 is 2.71 bits per heavy atom. The van der Waals surface area contributed by atoms with E-state index in [1.165, 1.54) is 11.3 Å². The third-order valence-electron chi connectivity index (χ3n) is 3.84. The first-order valence-electron chi connectivity index (χ1n) is 6.09. The molecule has 1 aromatic rings. The van der Waals surface area contributed by atoms with E-state index < -0.39 is 0 Å². The quantitative estimate of drug-likeness (QED) is 0.859. The number of halogens is 1. The monoisotopic (exact) mass is 297 g/mol. The lowest BCUT2D eigenvalue weighted by Gasteiger charge is -2.42. The maximum absolute atomic E-state index is 10.1. The van der Waals surface area contributed by atoms with Gasteiger partial charge >= 0.3 is 0 Å². The van der Waals surface area contributed by atoms with Crippen molar-refractivity contribution in [2.24, 2.45) is 5.41 Å². The number of β-amino-alcohol motifs (C(OH)–C–C–N with tert-alkyl or cyclic N) is 1. The number of nitrogens with zero attached hydrogens (tertiary/aromatic N) is 1. The minimum absolute atomic E-state index is 0.0401. The molecule has 0 radical (unpaired) electrons. The van der Waals surface area contributed by atoms with Gasteiger partial charge in [-0.05, 0) is 36.5 Å². The summed E-state index contributed by atoms with van der Waals surface area (Å²) in [7, 11) is 0. The van der Waals surface area contributed by atoms with Gasteiger partial charge in [0.15, 0.2) is 0 Å². The zero-order valence-electron chi connectivity index (χ0n) is 10.7. The van der Waals surface area contributed by atoms with Crippen LogP contribution in [-0.4, -0.2) is 24.3 Å². The first-order valence-corrected chi connectivity index (χ1v) is 6.88. The Kier molecular flexibility index (Phi) is 3.50. The third-order valence-corrected chi connectivity index (χ3v) is 4.70. The van der Waals surface area contributed by atoms with E-state index in [1.54, 1.807) is 0 Å². The Labute approximate surface area is 112 Å². The molecule has 1 aliphatic heterocycles. The van der Waals surface area contributed by atoms with Crippen molar-refractivity contribution in [1.82, 2.24) is 0 Å². The van der Waals surface area contributed by atoms with E-state index in [0.717, 1.165) is 24.0 Å². The molecule has 1 saturated heterocycles. The van der Waals surface area contributed by atoms with E-state index in [1.807, 2.05) is 0 Å². The van der Waals surface area contributed by atoms with Crippen LogP contribution in [0, 0.1) is 12.3 Å². The fourth-order valence-corrected chi connectivity index (χ4v) is 2.52. The van der Waals surface area contributed by atoms with Crippen LogP contribution in [0.1, 0.15) is 25.8 Å². The summed E-state index contributed by atoms with van der Waals surface area (Å²) in [6.45, 7) is 8.10. The van der Waals surface area contributed by atoms with Gasteiger partial charge in [-0.2, -0.15) is 0 Å². The lowest BCUT2D eigenvalue weighted by Crippen LogP contribution is -2.48. The first-order chi connectivity index (χ1) is 7.90. The van der Waals surface area contributed by atoms with Gasteiger partial charge in [-0.25, -0.2) is 0 Å². The molecule has 94 valence electrons. The molecule has 2 nitrogen and oxygen atoms in total. The van der Waals surface area contributed by atoms with Crippen molar-refractivity contribution in [1.29, 1.82) is 0 Å². The first kappa shape index (κ1) is 12.9. The third kappa shape index (κ3) is 2.66. The van der Waals surface area contributed by atoms with E-state index in [4.69, 9.17) is 0 Å². The number of aliphatic hydroxyl groups is 1. The highest BCUT2D eigenvalue weighted by Crippen LogP contribution is 2.33. The van der Waals surface area contributed by atoms with Crippen LogP contribution >= 0.6 is 15.9 Å². The lowest BCUT2D eigenvalue weighted by atomic mass is 9.80. The molecule has 3 heteroatoms. The van der Waals surface area contributed by atoms with Gasteiger partial charge in [-0.1, -0.05) is 35.8 Å². The van der Waals surface area contributed by atoms with Crippen LogP contribution in [0.25, 0.3) is 0 Å². The summed E-state index contributed by atoms with van der Waals surface area (Å²) >= 11 is 3.56. The van der Waals surface area contributed by atoms with E-state index in [0.29, 0.717) is 0 Å². The molecule has 1 fully saturated rings. The summed E-state index contributed by atoms with van der Waals surface area (Å²) in [4.78, 5) is 2.26. The summed E-state index contributed by atoms with van der Waals surface area (Å²) in [5, 5.41) is 10.1. The molecule has 1 atom stereocenters. The van der Waals surface area contributed by atoms with Gasteiger partial charge in [0.25, 0.3) is 0 Å². The molecule has 1 aromatic carbocycles. The van der Waals surface area contributed by atoms with Gasteiger partial charge in [0.2, 0.25) is 0 Å². The van der Waals surface area contributed by atoms with Gasteiger partial charge in [0.1, 0.15) is 0 Å². The number of rotatable bonds is 1. The van der Waals surface area contributed by atoms with Crippen LogP contribution in [0.15, 0.2) is 22.7 Å². The van der Waals surface area contributed by atoms with Gasteiger partial charge in [0, 0.05) is 23.2 Å². The maximum Gasteiger partial charge on any atom is 0.0766 e. The van der Waals surface area contributed by atoms with Gasteiger partial charge < -0.3 is 10.0 Å². The molecule has 1 N–H and O–H groups in total. The molecule has 1 heterocycles. The highest BCUT2D eigenvalue weighted by molar-refractivity contribution is 9.10. The van der Waals surface area contributed by atoms with Crippen LogP contribution in [0.3, 0.4) is 0 Å².